The molecule has 0 aliphatic carbocycles. The average molecular weight is 458 g/mol. The molecule has 2 aromatic carbocycles. The SMILES string of the molecule is CCOc1ccc(S(=O)(=O)N2CCC(S(=O)(=O)c3ccc(OC)cc3)CC2)cc1F. The lowest BCUT2D eigenvalue weighted by atomic mass is 10.2. The van der Waals surface area contributed by atoms with Crippen molar-refractivity contribution >= 4 is 19.9 Å². The van der Waals surface area contributed by atoms with Crippen molar-refractivity contribution in [2.45, 2.75) is 34.8 Å². The summed E-state index contributed by atoms with van der Waals surface area (Å²) in [6.45, 7) is 2.04. The fourth-order valence-electron chi connectivity index (χ4n) is 3.40. The van der Waals surface area contributed by atoms with Crippen molar-refractivity contribution in [1.29, 1.82) is 0 Å². The Morgan fingerprint density at radius 1 is 1.00 bits per heavy atom. The summed E-state index contributed by atoms with van der Waals surface area (Å²) in [6, 6.07) is 9.64. The normalized spacial score (nSPS) is 16.4. The second-order valence-corrected chi connectivity index (χ2v) is 11.0. The molecule has 164 valence electrons. The molecule has 1 aliphatic heterocycles. The highest BCUT2D eigenvalue weighted by Crippen LogP contribution is 2.29. The maximum atomic E-state index is 14.1. The summed E-state index contributed by atoms with van der Waals surface area (Å²) in [5, 5.41) is -0.686. The largest absolute Gasteiger partial charge is 0.497 e. The van der Waals surface area contributed by atoms with E-state index in [1.807, 2.05) is 0 Å². The molecule has 1 saturated heterocycles. The number of rotatable bonds is 7. The molecule has 1 fully saturated rings. The van der Waals surface area contributed by atoms with Gasteiger partial charge in [0.2, 0.25) is 10.0 Å². The first kappa shape index (κ1) is 22.5. The fraction of sp³-hybridized carbons (Fsp3) is 0.400. The molecule has 0 aromatic heterocycles. The van der Waals surface area contributed by atoms with Gasteiger partial charge in [-0.2, -0.15) is 4.31 Å². The number of methoxy groups -OCH3 is 1. The van der Waals surface area contributed by atoms with Gasteiger partial charge in [-0.15, -0.1) is 0 Å². The highest BCUT2D eigenvalue weighted by molar-refractivity contribution is 7.92. The molecule has 30 heavy (non-hydrogen) atoms. The summed E-state index contributed by atoms with van der Waals surface area (Å²) in [5.41, 5.74) is 0. The van der Waals surface area contributed by atoms with Crippen molar-refractivity contribution in [3.05, 3.63) is 48.3 Å². The van der Waals surface area contributed by atoms with E-state index in [1.165, 1.54) is 35.7 Å². The van der Waals surface area contributed by atoms with Gasteiger partial charge in [0.05, 0.1) is 28.8 Å². The third-order valence-electron chi connectivity index (χ3n) is 5.07. The molecule has 0 bridgehead atoms. The molecule has 10 heteroatoms. The Kier molecular flexibility index (Phi) is 6.68. The predicted molar refractivity (Wildman–Crippen MR) is 110 cm³/mol. The van der Waals surface area contributed by atoms with Crippen molar-refractivity contribution in [3.63, 3.8) is 0 Å². The Bertz CT molecular complexity index is 1090. The van der Waals surface area contributed by atoms with Gasteiger partial charge in [-0.1, -0.05) is 0 Å². The minimum Gasteiger partial charge on any atom is -0.497 e. The lowest BCUT2D eigenvalue weighted by Crippen LogP contribution is -2.42. The highest BCUT2D eigenvalue weighted by Gasteiger charge is 2.36. The summed E-state index contributed by atoms with van der Waals surface area (Å²) in [5.74, 6) is -0.215. The number of benzene rings is 2. The molecule has 0 N–H and O–H groups in total. The molecule has 0 saturated carbocycles. The number of sulfone groups is 1. The minimum absolute atomic E-state index is 0.0132. The predicted octanol–water partition coefficient (Wildman–Crippen LogP) is 2.86. The van der Waals surface area contributed by atoms with E-state index in [9.17, 15) is 21.2 Å². The van der Waals surface area contributed by atoms with Crippen molar-refractivity contribution in [1.82, 2.24) is 4.31 Å². The Balaban J connectivity index is 1.73. The molecule has 0 spiro atoms. The molecule has 2 aromatic rings. The molecule has 3 rings (SSSR count). The van der Waals surface area contributed by atoms with E-state index in [4.69, 9.17) is 9.47 Å². The van der Waals surface area contributed by atoms with Crippen LogP contribution >= 0.6 is 0 Å². The zero-order chi connectivity index (χ0) is 21.9. The van der Waals surface area contributed by atoms with Crippen LogP contribution in [0.4, 0.5) is 4.39 Å². The summed E-state index contributed by atoms with van der Waals surface area (Å²) < 4.78 is 76.9. The van der Waals surface area contributed by atoms with Gasteiger partial charge in [0, 0.05) is 13.1 Å². The van der Waals surface area contributed by atoms with Crippen LogP contribution in [0.15, 0.2) is 52.3 Å². The number of hydrogen-bond donors (Lipinski definition) is 0. The van der Waals surface area contributed by atoms with Gasteiger partial charge < -0.3 is 9.47 Å². The first-order chi connectivity index (χ1) is 14.2. The molecule has 1 aliphatic rings. The second-order valence-electron chi connectivity index (χ2n) is 6.85. The molecule has 0 radical (unpaired) electrons. The van der Waals surface area contributed by atoms with Gasteiger partial charge in [0.1, 0.15) is 5.75 Å². The fourth-order valence-corrected chi connectivity index (χ4v) is 6.62. The molecule has 1 heterocycles. The molecule has 7 nitrogen and oxygen atoms in total. The van der Waals surface area contributed by atoms with Gasteiger partial charge in [0.25, 0.3) is 0 Å². The standard InChI is InChI=1S/C20H24FNO6S2/c1-3-28-20-9-8-18(14-19(20)21)30(25,26)22-12-10-17(11-13-22)29(23,24)16-6-4-15(27-2)5-7-16/h4-9,14,17H,3,10-13H2,1-2H3. The molecule has 0 atom stereocenters. The van der Waals surface area contributed by atoms with Crippen LogP contribution in [0.25, 0.3) is 0 Å². The summed E-state index contributed by atoms with van der Waals surface area (Å²) >= 11 is 0. The number of hydrogen-bond acceptors (Lipinski definition) is 6. The van der Waals surface area contributed by atoms with E-state index in [0.29, 0.717) is 5.75 Å². The van der Waals surface area contributed by atoms with Gasteiger partial charge in [-0.05, 0) is 62.2 Å². The quantitative estimate of drug-likeness (QED) is 0.635. The average Bonchev–Trinajstić information content (AvgIpc) is 2.75. The first-order valence-corrected chi connectivity index (χ1v) is 12.5. The van der Waals surface area contributed by atoms with E-state index in [0.717, 1.165) is 6.07 Å². The molecule has 0 unspecified atom stereocenters. The lowest BCUT2D eigenvalue weighted by molar-refractivity contribution is 0.320. The van der Waals surface area contributed by atoms with Gasteiger partial charge >= 0.3 is 0 Å². The Labute approximate surface area is 176 Å². The van der Waals surface area contributed by atoms with Crippen molar-refractivity contribution in [2.24, 2.45) is 0 Å². The number of halogens is 1. The molecule has 0 amide bonds. The third kappa shape index (κ3) is 4.45. The molecular weight excluding hydrogens is 433 g/mol. The van der Waals surface area contributed by atoms with Crippen LogP contribution in [0.1, 0.15) is 19.8 Å². The summed E-state index contributed by atoms with van der Waals surface area (Å²) in [6.07, 6.45) is 0.320. The van der Waals surface area contributed by atoms with E-state index in [-0.39, 0.29) is 48.1 Å². The summed E-state index contributed by atoms with van der Waals surface area (Å²) in [4.78, 5) is -0.00175. The lowest BCUT2D eigenvalue weighted by Gasteiger charge is -2.31. The zero-order valence-corrected chi connectivity index (χ0v) is 18.4. The van der Waals surface area contributed by atoms with Crippen molar-refractivity contribution in [2.75, 3.05) is 26.8 Å². The van der Waals surface area contributed by atoms with E-state index in [2.05, 4.69) is 0 Å². The Morgan fingerprint density at radius 2 is 1.60 bits per heavy atom. The zero-order valence-electron chi connectivity index (χ0n) is 16.7. The van der Waals surface area contributed by atoms with Gasteiger partial charge in [0.15, 0.2) is 21.4 Å². The van der Waals surface area contributed by atoms with Crippen molar-refractivity contribution < 1.29 is 30.7 Å². The maximum Gasteiger partial charge on any atom is 0.243 e. The smallest absolute Gasteiger partial charge is 0.243 e. The van der Waals surface area contributed by atoms with E-state index >= 15 is 0 Å². The Morgan fingerprint density at radius 3 is 2.13 bits per heavy atom. The van der Waals surface area contributed by atoms with Crippen LogP contribution < -0.4 is 9.47 Å². The number of nitrogens with zero attached hydrogens (tertiary/aromatic N) is 1. The number of sulfonamides is 1. The van der Waals surface area contributed by atoms with Gasteiger partial charge in [-0.25, -0.2) is 21.2 Å². The number of ether oxygens (including phenoxy) is 2. The van der Waals surface area contributed by atoms with Crippen LogP contribution in [0.2, 0.25) is 0 Å². The minimum atomic E-state index is -3.93. The third-order valence-corrected chi connectivity index (χ3v) is 9.24. The topological polar surface area (TPSA) is 90.0 Å². The number of piperidine rings is 1. The van der Waals surface area contributed by atoms with Crippen molar-refractivity contribution in [3.8, 4) is 11.5 Å². The van der Waals surface area contributed by atoms with Crippen LogP contribution in [-0.4, -0.2) is 53.2 Å². The van der Waals surface area contributed by atoms with E-state index < -0.39 is 30.9 Å². The van der Waals surface area contributed by atoms with Crippen LogP contribution in [-0.2, 0) is 19.9 Å². The maximum absolute atomic E-state index is 14.1. The summed E-state index contributed by atoms with van der Waals surface area (Å²) in [7, 11) is -6.03. The highest BCUT2D eigenvalue weighted by atomic mass is 32.2. The van der Waals surface area contributed by atoms with Gasteiger partial charge in [-0.3, -0.25) is 0 Å². The monoisotopic (exact) mass is 457 g/mol. The van der Waals surface area contributed by atoms with Crippen LogP contribution in [0.3, 0.4) is 0 Å². The van der Waals surface area contributed by atoms with Crippen LogP contribution in [0.5, 0.6) is 11.5 Å². The second kappa shape index (κ2) is 8.91. The molecular formula is C20H24FNO6S2. The first-order valence-electron chi connectivity index (χ1n) is 9.50. The van der Waals surface area contributed by atoms with Crippen LogP contribution in [0, 0.1) is 5.82 Å². The van der Waals surface area contributed by atoms with E-state index in [1.54, 1.807) is 19.1 Å². The Hall–Kier alpha value is -2.17.